The summed E-state index contributed by atoms with van der Waals surface area (Å²) < 4.78 is 39.6. The fourth-order valence-corrected chi connectivity index (χ4v) is 8.82. The topological polar surface area (TPSA) is 155 Å². The van der Waals surface area contributed by atoms with E-state index in [4.69, 9.17) is 23.3 Å². The first-order valence-corrected chi connectivity index (χ1v) is 32.3. The van der Waals surface area contributed by atoms with Crippen LogP contribution >= 0.6 is 7.82 Å². The summed E-state index contributed by atoms with van der Waals surface area (Å²) in [5.74, 6) is -1.52. The van der Waals surface area contributed by atoms with Crippen molar-refractivity contribution in [1.82, 2.24) is 0 Å². The zero-order chi connectivity index (χ0) is 56.9. The highest BCUT2D eigenvalue weighted by molar-refractivity contribution is 7.47. The van der Waals surface area contributed by atoms with Gasteiger partial charge in [-0.05, 0) is 122 Å². The van der Waals surface area contributed by atoms with Crippen LogP contribution < -0.4 is 0 Å². The molecule has 0 aromatic heterocycles. The van der Waals surface area contributed by atoms with Gasteiger partial charge >= 0.3 is 25.7 Å². The predicted molar refractivity (Wildman–Crippen MR) is 325 cm³/mol. The van der Waals surface area contributed by atoms with E-state index in [9.17, 15) is 28.9 Å². The summed E-state index contributed by atoms with van der Waals surface area (Å²) in [6.07, 6.45) is 71.8. The Morgan fingerprint density at radius 2 is 0.667 bits per heavy atom. The van der Waals surface area contributed by atoms with Gasteiger partial charge in [0.2, 0.25) is 0 Å². The summed E-state index contributed by atoms with van der Waals surface area (Å²) in [6, 6.07) is 0. The lowest BCUT2D eigenvalue weighted by Gasteiger charge is -2.21. The molecule has 78 heavy (non-hydrogen) atoms. The van der Waals surface area contributed by atoms with Crippen LogP contribution in [0.4, 0.5) is 0 Å². The Bertz CT molecular complexity index is 1720. The Morgan fingerprint density at radius 3 is 1.03 bits per heavy atom. The van der Waals surface area contributed by atoms with Gasteiger partial charge in [0.25, 0.3) is 0 Å². The third-order valence-electron chi connectivity index (χ3n) is 12.7. The minimum absolute atomic E-state index is 0.132. The number of allylic oxidation sites excluding steroid dienone is 18. The fourth-order valence-electron chi connectivity index (χ4n) is 8.04. The van der Waals surface area contributed by atoms with Crippen molar-refractivity contribution in [2.24, 2.45) is 0 Å². The van der Waals surface area contributed by atoms with Crippen molar-refractivity contribution in [3.05, 3.63) is 109 Å². The monoisotopic (exact) mass is 1110 g/mol. The number of unbranched alkanes of at least 4 members (excludes halogenated alkanes) is 21. The molecule has 0 aromatic rings. The lowest BCUT2D eigenvalue weighted by molar-refractivity contribution is -0.161. The van der Waals surface area contributed by atoms with E-state index in [1.54, 1.807) is 0 Å². The summed E-state index contributed by atoms with van der Waals surface area (Å²) in [7, 11) is -4.77. The first kappa shape index (κ1) is 74.1. The van der Waals surface area contributed by atoms with Crippen molar-refractivity contribution < 1.29 is 52.2 Å². The standard InChI is InChI=1S/C66H111O11P/c1-4-7-10-13-16-19-22-25-28-31-34-37-40-43-46-49-52-55-64(68)73-59-63(77-66(70)57-54-51-48-45-42-39-36-33-30-27-24-21-18-15-12-9-6-3)61-75-78(71,72)74-60-62(58-67)76-65(69)56-53-50-47-44-41-38-35-32-29-26-23-20-17-14-11-8-5-2/h8-9,11-12,16-21,25-30,36,39,62-63,67H,4-7,10,13-15,22-24,31-35,37-38,40-61H2,1-3H3,(H,71,72)/b11-8-,12-9-,19-16-,20-17-,21-18-,28-25-,29-26-,30-27-,39-36-. The van der Waals surface area contributed by atoms with Crippen LogP contribution in [0.1, 0.15) is 252 Å². The summed E-state index contributed by atoms with van der Waals surface area (Å²) in [4.78, 5) is 48.7. The second-order valence-electron chi connectivity index (χ2n) is 20.1. The lowest BCUT2D eigenvalue weighted by atomic mass is 10.1. The molecule has 0 radical (unpaired) electrons. The zero-order valence-electron chi connectivity index (χ0n) is 49.3. The minimum atomic E-state index is -4.77. The molecule has 0 aromatic carbocycles. The molecule has 0 fully saturated rings. The largest absolute Gasteiger partial charge is 0.472 e. The Kier molecular flexibility index (Phi) is 56.3. The minimum Gasteiger partial charge on any atom is -0.462 e. The molecule has 0 amide bonds. The fraction of sp³-hybridized carbons (Fsp3) is 0.682. The molecular weight excluding hydrogens is 1000 g/mol. The van der Waals surface area contributed by atoms with Crippen molar-refractivity contribution in [3.63, 3.8) is 0 Å². The summed E-state index contributed by atoms with van der Waals surface area (Å²) in [5, 5.41) is 9.84. The average Bonchev–Trinajstić information content (AvgIpc) is 3.43. The number of aliphatic hydroxyl groups excluding tert-OH is 1. The number of carbonyl (C=O) groups is 3. The number of rotatable bonds is 56. The second kappa shape index (κ2) is 59.3. The van der Waals surface area contributed by atoms with Gasteiger partial charge in [-0.1, -0.05) is 220 Å². The van der Waals surface area contributed by atoms with Crippen LogP contribution in [0.2, 0.25) is 0 Å². The van der Waals surface area contributed by atoms with Crippen LogP contribution in [0.5, 0.6) is 0 Å². The molecule has 0 aliphatic rings. The molecule has 0 saturated heterocycles. The quantitative estimate of drug-likeness (QED) is 0.0197. The number of carbonyl (C=O) groups excluding carboxylic acids is 3. The molecule has 0 bridgehead atoms. The molecule has 0 aliphatic carbocycles. The summed E-state index contributed by atoms with van der Waals surface area (Å²) in [6.45, 7) is 4.36. The van der Waals surface area contributed by atoms with Crippen molar-refractivity contribution >= 4 is 25.7 Å². The maximum absolute atomic E-state index is 12.9. The molecule has 12 heteroatoms. The third-order valence-corrected chi connectivity index (χ3v) is 13.6. The van der Waals surface area contributed by atoms with Gasteiger partial charge in [0.1, 0.15) is 12.7 Å². The van der Waals surface area contributed by atoms with Gasteiger partial charge in [0.05, 0.1) is 19.8 Å². The first-order valence-electron chi connectivity index (χ1n) is 30.8. The number of hydrogen-bond donors (Lipinski definition) is 2. The molecule has 446 valence electrons. The second-order valence-corrected chi connectivity index (χ2v) is 21.6. The molecule has 2 N–H and O–H groups in total. The van der Waals surface area contributed by atoms with E-state index in [1.165, 1.54) is 51.4 Å². The maximum atomic E-state index is 12.9. The molecule has 0 aliphatic heterocycles. The molecule has 0 heterocycles. The Labute approximate surface area is 475 Å². The highest BCUT2D eigenvalue weighted by atomic mass is 31.2. The summed E-state index contributed by atoms with van der Waals surface area (Å²) in [5.41, 5.74) is 0. The number of esters is 3. The van der Waals surface area contributed by atoms with E-state index in [1.807, 2.05) is 0 Å². The van der Waals surface area contributed by atoms with Crippen LogP contribution in [-0.4, -0.2) is 66.5 Å². The molecule has 0 saturated carbocycles. The normalized spacial score (nSPS) is 14.1. The average molecular weight is 1110 g/mol. The van der Waals surface area contributed by atoms with Crippen molar-refractivity contribution in [2.75, 3.05) is 26.4 Å². The van der Waals surface area contributed by atoms with Crippen LogP contribution in [0.3, 0.4) is 0 Å². The van der Waals surface area contributed by atoms with Gasteiger partial charge in [0, 0.05) is 19.3 Å². The third kappa shape index (κ3) is 56.8. The lowest BCUT2D eigenvalue weighted by Crippen LogP contribution is -2.30. The molecule has 3 atom stereocenters. The van der Waals surface area contributed by atoms with E-state index >= 15 is 0 Å². The van der Waals surface area contributed by atoms with Gasteiger partial charge in [-0.15, -0.1) is 0 Å². The van der Waals surface area contributed by atoms with Gasteiger partial charge in [0.15, 0.2) is 6.10 Å². The number of phosphoric ester groups is 1. The van der Waals surface area contributed by atoms with Crippen molar-refractivity contribution in [3.8, 4) is 0 Å². The predicted octanol–water partition coefficient (Wildman–Crippen LogP) is 18.6. The zero-order valence-corrected chi connectivity index (χ0v) is 50.2. The Balaban J connectivity index is 4.77. The van der Waals surface area contributed by atoms with Gasteiger partial charge in [-0.3, -0.25) is 23.4 Å². The summed E-state index contributed by atoms with van der Waals surface area (Å²) >= 11 is 0. The van der Waals surface area contributed by atoms with E-state index in [2.05, 4.69) is 130 Å². The van der Waals surface area contributed by atoms with E-state index in [0.717, 1.165) is 141 Å². The Hall–Kier alpha value is -3.86. The number of ether oxygens (including phenoxy) is 3. The van der Waals surface area contributed by atoms with Gasteiger partial charge in [-0.2, -0.15) is 0 Å². The van der Waals surface area contributed by atoms with Crippen LogP contribution in [0.25, 0.3) is 0 Å². The highest BCUT2D eigenvalue weighted by Crippen LogP contribution is 2.43. The van der Waals surface area contributed by atoms with Gasteiger partial charge in [-0.25, -0.2) is 4.57 Å². The van der Waals surface area contributed by atoms with E-state index < -0.39 is 57.8 Å². The smallest absolute Gasteiger partial charge is 0.462 e. The molecule has 0 spiro atoms. The first-order chi connectivity index (χ1) is 38.2. The van der Waals surface area contributed by atoms with Crippen LogP contribution in [0.15, 0.2) is 109 Å². The van der Waals surface area contributed by atoms with E-state index in [0.29, 0.717) is 19.3 Å². The SMILES string of the molecule is CC/C=C\C/C=C\C/C=C\C/C=C\CCCCCCC(=O)OC(COC(=O)CCCCCCCCC/C=C\C/C=C\CCCCC)COP(=O)(O)OCC(CO)OC(=O)CCCCCCCCC/C=C\C/C=C\C/C=C\CC. The van der Waals surface area contributed by atoms with Crippen molar-refractivity contribution in [2.45, 2.75) is 264 Å². The molecule has 0 rings (SSSR count). The number of aliphatic hydroxyl groups is 1. The van der Waals surface area contributed by atoms with Crippen molar-refractivity contribution in [1.29, 1.82) is 0 Å². The molecule has 3 unspecified atom stereocenters. The van der Waals surface area contributed by atoms with Gasteiger partial charge < -0.3 is 24.2 Å². The van der Waals surface area contributed by atoms with Crippen LogP contribution in [0, 0.1) is 0 Å². The highest BCUT2D eigenvalue weighted by Gasteiger charge is 2.28. The molecular formula is C66H111O11P. The Morgan fingerprint density at radius 1 is 0.372 bits per heavy atom. The number of phosphoric acid groups is 1. The molecule has 11 nitrogen and oxygen atoms in total. The maximum Gasteiger partial charge on any atom is 0.472 e. The van der Waals surface area contributed by atoms with E-state index in [-0.39, 0.29) is 25.9 Å². The number of hydrogen-bond acceptors (Lipinski definition) is 10. The van der Waals surface area contributed by atoms with Crippen LogP contribution in [-0.2, 0) is 42.2 Å².